The summed E-state index contributed by atoms with van der Waals surface area (Å²) in [6.45, 7) is 2.21. The molecule has 33 heavy (non-hydrogen) atoms. The van der Waals surface area contributed by atoms with Gasteiger partial charge in [-0.3, -0.25) is 0 Å². The van der Waals surface area contributed by atoms with Crippen molar-refractivity contribution in [1.82, 2.24) is 0 Å². The van der Waals surface area contributed by atoms with Crippen LogP contribution in [-0.4, -0.2) is 20.8 Å². The first-order chi connectivity index (χ1) is 16.0. The molecule has 0 spiro atoms. The number of methoxy groups -OCH3 is 2. The van der Waals surface area contributed by atoms with Gasteiger partial charge in [0.2, 0.25) is 0 Å². The molecule has 0 amide bonds. The van der Waals surface area contributed by atoms with Crippen molar-refractivity contribution >= 4 is 23.3 Å². The number of hydrogen-bond donors (Lipinski definition) is 0. The third-order valence-electron chi connectivity index (χ3n) is 4.79. The van der Waals surface area contributed by atoms with Crippen LogP contribution in [0.1, 0.15) is 23.6 Å². The van der Waals surface area contributed by atoms with Crippen molar-refractivity contribution in [2.75, 3.05) is 20.8 Å². The first-order valence-electron chi connectivity index (χ1n) is 10.2. The summed E-state index contributed by atoms with van der Waals surface area (Å²) < 4.78 is 36.1. The second kappa shape index (κ2) is 11.3. The highest BCUT2D eigenvalue weighted by Gasteiger charge is 2.15. The first-order valence-corrected chi connectivity index (χ1v) is 10.5. The highest BCUT2D eigenvalue weighted by molar-refractivity contribution is 6.32. The Morgan fingerprint density at radius 2 is 1.76 bits per heavy atom. The lowest BCUT2D eigenvalue weighted by Gasteiger charge is -2.15. The van der Waals surface area contributed by atoms with Crippen molar-refractivity contribution in [3.8, 4) is 29.1 Å². The van der Waals surface area contributed by atoms with Gasteiger partial charge < -0.3 is 18.9 Å². The van der Waals surface area contributed by atoms with E-state index in [1.54, 1.807) is 61.7 Å². The molecule has 0 aromatic heterocycles. The van der Waals surface area contributed by atoms with Crippen molar-refractivity contribution in [3.05, 3.63) is 82.1 Å². The standard InChI is InChI=1S/C26H23ClFNO4/c1-4-32-25-13-17(11-20(15-29)18-9-10-23(30-2)24(14-18)31-3)12-21(27)26(25)33-16-19-7-5-6-8-22(19)28/h5-14H,4,16H2,1-3H3/b20-11+. The van der Waals surface area contributed by atoms with Crippen molar-refractivity contribution in [2.45, 2.75) is 13.5 Å². The molecule has 0 aliphatic rings. The summed E-state index contributed by atoms with van der Waals surface area (Å²) in [5.74, 6) is 1.43. The molecule has 0 radical (unpaired) electrons. The Morgan fingerprint density at radius 3 is 2.42 bits per heavy atom. The second-order valence-corrected chi connectivity index (χ2v) is 7.29. The largest absolute Gasteiger partial charge is 0.493 e. The van der Waals surface area contributed by atoms with E-state index in [1.807, 2.05) is 6.92 Å². The minimum atomic E-state index is -0.361. The first kappa shape index (κ1) is 24.0. The number of ether oxygens (including phenoxy) is 4. The molecular weight excluding hydrogens is 445 g/mol. The van der Waals surface area contributed by atoms with Crippen molar-refractivity contribution in [3.63, 3.8) is 0 Å². The molecule has 0 bridgehead atoms. The average Bonchev–Trinajstić information content (AvgIpc) is 2.82. The third kappa shape index (κ3) is 5.76. The Bertz CT molecular complexity index is 1200. The van der Waals surface area contributed by atoms with E-state index in [4.69, 9.17) is 30.5 Å². The summed E-state index contributed by atoms with van der Waals surface area (Å²) >= 11 is 6.49. The van der Waals surface area contributed by atoms with Crippen LogP contribution >= 0.6 is 11.6 Å². The maximum Gasteiger partial charge on any atom is 0.180 e. The molecule has 0 saturated carbocycles. The predicted octanol–water partition coefficient (Wildman–Crippen LogP) is 6.54. The van der Waals surface area contributed by atoms with Crippen LogP contribution < -0.4 is 18.9 Å². The van der Waals surface area contributed by atoms with Crippen molar-refractivity contribution in [1.29, 1.82) is 5.26 Å². The van der Waals surface area contributed by atoms with Gasteiger partial charge in [0.15, 0.2) is 23.0 Å². The molecule has 0 saturated heterocycles. The van der Waals surface area contributed by atoms with E-state index in [1.165, 1.54) is 13.2 Å². The fourth-order valence-corrected chi connectivity index (χ4v) is 3.46. The van der Waals surface area contributed by atoms with Gasteiger partial charge >= 0.3 is 0 Å². The number of benzene rings is 3. The summed E-state index contributed by atoms with van der Waals surface area (Å²) in [4.78, 5) is 0. The quantitative estimate of drug-likeness (QED) is 0.264. The third-order valence-corrected chi connectivity index (χ3v) is 5.07. The lowest BCUT2D eigenvalue weighted by molar-refractivity contribution is 0.266. The van der Waals surface area contributed by atoms with Gasteiger partial charge in [0.05, 0.1) is 37.5 Å². The van der Waals surface area contributed by atoms with Crippen LogP contribution in [0.5, 0.6) is 23.0 Å². The smallest absolute Gasteiger partial charge is 0.180 e. The fourth-order valence-electron chi connectivity index (χ4n) is 3.19. The normalized spacial score (nSPS) is 11.0. The molecule has 0 fully saturated rings. The Balaban J connectivity index is 1.95. The van der Waals surface area contributed by atoms with E-state index in [0.717, 1.165) is 0 Å². The van der Waals surface area contributed by atoms with Gasteiger partial charge in [-0.25, -0.2) is 4.39 Å². The van der Waals surface area contributed by atoms with Crippen LogP contribution in [0.2, 0.25) is 5.02 Å². The molecule has 7 heteroatoms. The van der Waals surface area contributed by atoms with E-state index in [9.17, 15) is 9.65 Å². The van der Waals surface area contributed by atoms with Gasteiger partial charge in [0.25, 0.3) is 0 Å². The number of hydrogen-bond acceptors (Lipinski definition) is 5. The van der Waals surface area contributed by atoms with Crippen molar-refractivity contribution < 1.29 is 23.3 Å². The van der Waals surface area contributed by atoms with E-state index in [0.29, 0.717) is 51.9 Å². The molecule has 170 valence electrons. The SMILES string of the molecule is CCOc1cc(/C=C(\C#N)c2ccc(OC)c(OC)c2)cc(Cl)c1OCc1ccccc1F. The van der Waals surface area contributed by atoms with Gasteiger partial charge in [0, 0.05) is 5.56 Å². The van der Waals surface area contributed by atoms with Gasteiger partial charge in [-0.2, -0.15) is 5.26 Å². The minimum Gasteiger partial charge on any atom is -0.493 e. The molecule has 0 aliphatic carbocycles. The number of nitrogens with zero attached hydrogens (tertiary/aromatic N) is 1. The highest BCUT2D eigenvalue weighted by atomic mass is 35.5. The molecule has 5 nitrogen and oxygen atoms in total. The Hall–Kier alpha value is -3.69. The molecule has 3 aromatic rings. The summed E-state index contributed by atoms with van der Waals surface area (Å²) in [6, 6.07) is 17.2. The van der Waals surface area contributed by atoms with Crippen LogP contribution in [0.15, 0.2) is 54.6 Å². The summed E-state index contributed by atoms with van der Waals surface area (Å²) in [7, 11) is 3.08. The number of allylic oxidation sites excluding steroid dienone is 1. The monoisotopic (exact) mass is 467 g/mol. The van der Waals surface area contributed by atoms with Crippen molar-refractivity contribution in [2.24, 2.45) is 0 Å². The summed E-state index contributed by atoms with van der Waals surface area (Å²) in [5.41, 5.74) is 2.10. The molecule has 0 N–H and O–H groups in total. The predicted molar refractivity (Wildman–Crippen MR) is 126 cm³/mol. The van der Waals surface area contributed by atoms with E-state index in [-0.39, 0.29) is 17.4 Å². The van der Waals surface area contributed by atoms with Gasteiger partial charge in [-0.15, -0.1) is 0 Å². The zero-order valence-electron chi connectivity index (χ0n) is 18.5. The average molecular weight is 468 g/mol. The second-order valence-electron chi connectivity index (χ2n) is 6.88. The Labute approximate surface area is 197 Å². The van der Waals surface area contributed by atoms with Gasteiger partial charge in [0.1, 0.15) is 12.4 Å². The fraction of sp³-hybridized carbons (Fsp3) is 0.192. The molecule has 0 heterocycles. The minimum absolute atomic E-state index is 0.00323. The highest BCUT2D eigenvalue weighted by Crippen LogP contribution is 2.39. The van der Waals surface area contributed by atoms with Crippen LogP contribution in [0.4, 0.5) is 4.39 Å². The molecule has 0 unspecified atom stereocenters. The van der Waals surface area contributed by atoms with E-state index in [2.05, 4.69) is 6.07 Å². The number of rotatable bonds is 9. The zero-order chi connectivity index (χ0) is 23.8. The van der Waals surface area contributed by atoms with Crippen LogP contribution in [0.3, 0.4) is 0 Å². The molecular formula is C26H23ClFNO4. The topological polar surface area (TPSA) is 60.7 Å². The summed E-state index contributed by atoms with van der Waals surface area (Å²) in [6.07, 6.45) is 1.69. The lowest BCUT2D eigenvalue weighted by Crippen LogP contribution is -2.02. The number of halogens is 2. The summed E-state index contributed by atoms with van der Waals surface area (Å²) in [5, 5.41) is 10.0. The molecule has 0 atom stereocenters. The zero-order valence-corrected chi connectivity index (χ0v) is 19.3. The Kier molecular flexibility index (Phi) is 8.17. The van der Waals surface area contributed by atoms with Crippen LogP contribution in [0.25, 0.3) is 11.6 Å². The maximum atomic E-state index is 14.0. The molecule has 3 aromatic carbocycles. The van der Waals surface area contributed by atoms with Crippen LogP contribution in [0, 0.1) is 17.1 Å². The molecule has 3 rings (SSSR count). The Morgan fingerprint density at radius 1 is 1.00 bits per heavy atom. The van der Waals surface area contributed by atoms with Gasteiger partial charge in [-0.1, -0.05) is 29.8 Å². The maximum absolute atomic E-state index is 14.0. The van der Waals surface area contributed by atoms with Crippen LogP contribution in [-0.2, 0) is 6.61 Å². The number of nitriles is 1. The van der Waals surface area contributed by atoms with E-state index >= 15 is 0 Å². The van der Waals surface area contributed by atoms with E-state index < -0.39 is 0 Å². The van der Waals surface area contributed by atoms with Gasteiger partial charge in [-0.05, 0) is 60.5 Å². The lowest BCUT2D eigenvalue weighted by atomic mass is 10.0. The molecule has 0 aliphatic heterocycles.